The molecule has 0 bridgehead atoms. The van der Waals surface area contributed by atoms with Gasteiger partial charge in [0.05, 0.1) is 22.3 Å². The van der Waals surface area contributed by atoms with Crippen LogP contribution in [0.15, 0.2) is 66.3 Å². The Hall–Kier alpha value is -2.60. The molecule has 6 heteroatoms. The van der Waals surface area contributed by atoms with E-state index < -0.39 is 0 Å². The Kier molecular flexibility index (Phi) is 5.96. The minimum atomic E-state index is -0.326. The standard InChI is InChI=1S/C21H22FN3OS/c1-4-13-25-19-8-6-5-7-18(19)24-21(25)27-15(3)20(26)23-14(2)16-9-11-17(22)12-10-16/h4-12,14-15H,1,13H2,2-3H3,(H,23,26)/t14-,15+/m1/s1. The van der Waals surface area contributed by atoms with Crippen LogP contribution >= 0.6 is 11.8 Å². The van der Waals surface area contributed by atoms with Crippen LogP contribution in [-0.4, -0.2) is 20.7 Å². The van der Waals surface area contributed by atoms with Crippen molar-refractivity contribution in [1.29, 1.82) is 0 Å². The molecule has 0 aliphatic carbocycles. The average molecular weight is 383 g/mol. The van der Waals surface area contributed by atoms with Crippen molar-refractivity contribution in [3.63, 3.8) is 0 Å². The number of imidazole rings is 1. The van der Waals surface area contributed by atoms with Crippen LogP contribution in [0.4, 0.5) is 4.39 Å². The van der Waals surface area contributed by atoms with Gasteiger partial charge < -0.3 is 9.88 Å². The first kappa shape index (κ1) is 19.2. The number of halogens is 1. The first-order valence-corrected chi connectivity index (χ1v) is 9.66. The summed E-state index contributed by atoms with van der Waals surface area (Å²) < 4.78 is 15.1. The number of hydrogen-bond donors (Lipinski definition) is 1. The zero-order chi connectivity index (χ0) is 19.4. The van der Waals surface area contributed by atoms with Gasteiger partial charge in [-0.3, -0.25) is 4.79 Å². The van der Waals surface area contributed by atoms with E-state index in [0.29, 0.717) is 6.54 Å². The molecule has 27 heavy (non-hydrogen) atoms. The molecule has 2 atom stereocenters. The summed E-state index contributed by atoms with van der Waals surface area (Å²) >= 11 is 1.42. The molecule has 0 aliphatic rings. The minimum absolute atomic E-state index is 0.0889. The number of carbonyl (C=O) groups excluding carboxylic acids is 1. The van der Waals surface area contributed by atoms with Crippen LogP contribution in [0.2, 0.25) is 0 Å². The summed E-state index contributed by atoms with van der Waals surface area (Å²) in [7, 11) is 0. The Morgan fingerprint density at radius 3 is 2.67 bits per heavy atom. The third-order valence-corrected chi connectivity index (χ3v) is 5.40. The topological polar surface area (TPSA) is 46.9 Å². The van der Waals surface area contributed by atoms with Gasteiger partial charge in [0, 0.05) is 6.54 Å². The molecule has 0 spiro atoms. The molecule has 2 aromatic carbocycles. The van der Waals surface area contributed by atoms with Gasteiger partial charge in [-0.25, -0.2) is 9.37 Å². The van der Waals surface area contributed by atoms with Crippen molar-refractivity contribution >= 4 is 28.7 Å². The number of fused-ring (bicyclic) bond motifs is 1. The molecule has 0 radical (unpaired) electrons. The molecule has 3 rings (SSSR count). The Morgan fingerprint density at radius 1 is 1.26 bits per heavy atom. The second-order valence-electron chi connectivity index (χ2n) is 6.32. The predicted molar refractivity (Wildman–Crippen MR) is 108 cm³/mol. The predicted octanol–water partition coefficient (Wildman–Crippen LogP) is 4.72. The highest BCUT2D eigenvalue weighted by Crippen LogP contribution is 2.28. The summed E-state index contributed by atoms with van der Waals surface area (Å²) in [6, 6.07) is 13.8. The van der Waals surface area contributed by atoms with Gasteiger partial charge in [-0.2, -0.15) is 0 Å². The second kappa shape index (κ2) is 8.39. The van der Waals surface area contributed by atoms with Crippen LogP contribution in [0.25, 0.3) is 11.0 Å². The lowest BCUT2D eigenvalue weighted by atomic mass is 10.1. The molecule has 4 nitrogen and oxygen atoms in total. The number of rotatable bonds is 7. The molecule has 0 saturated heterocycles. The Morgan fingerprint density at radius 2 is 1.96 bits per heavy atom. The molecule has 0 aliphatic heterocycles. The summed E-state index contributed by atoms with van der Waals surface area (Å²) in [5.41, 5.74) is 2.78. The van der Waals surface area contributed by atoms with Gasteiger partial charge in [0.1, 0.15) is 5.82 Å². The van der Waals surface area contributed by atoms with Gasteiger partial charge in [0.25, 0.3) is 0 Å². The van der Waals surface area contributed by atoms with Crippen molar-refractivity contribution in [1.82, 2.24) is 14.9 Å². The largest absolute Gasteiger partial charge is 0.349 e. The van der Waals surface area contributed by atoms with Crippen molar-refractivity contribution in [3.05, 3.63) is 72.6 Å². The number of amides is 1. The summed E-state index contributed by atoms with van der Waals surface area (Å²) in [6.07, 6.45) is 1.82. The lowest BCUT2D eigenvalue weighted by Gasteiger charge is -2.18. The smallest absolute Gasteiger partial charge is 0.233 e. The fourth-order valence-corrected chi connectivity index (χ4v) is 3.77. The van der Waals surface area contributed by atoms with Crippen LogP contribution in [0.3, 0.4) is 0 Å². The van der Waals surface area contributed by atoms with Gasteiger partial charge in [-0.05, 0) is 43.7 Å². The van der Waals surface area contributed by atoms with Crippen molar-refractivity contribution in [2.45, 2.75) is 36.8 Å². The van der Waals surface area contributed by atoms with Crippen molar-refractivity contribution in [2.24, 2.45) is 0 Å². The molecule has 1 amide bonds. The van der Waals surface area contributed by atoms with Gasteiger partial charge in [-0.15, -0.1) is 6.58 Å². The van der Waals surface area contributed by atoms with Crippen molar-refractivity contribution in [2.75, 3.05) is 0 Å². The van der Waals surface area contributed by atoms with Gasteiger partial charge in [-0.1, -0.05) is 42.1 Å². The van der Waals surface area contributed by atoms with E-state index in [0.717, 1.165) is 21.8 Å². The van der Waals surface area contributed by atoms with E-state index in [1.807, 2.05) is 44.2 Å². The molecule has 0 unspecified atom stereocenters. The number of nitrogens with zero attached hydrogens (tertiary/aromatic N) is 2. The maximum Gasteiger partial charge on any atom is 0.233 e. The molecular weight excluding hydrogens is 361 g/mol. The maximum atomic E-state index is 13.1. The van der Waals surface area contributed by atoms with Crippen molar-refractivity contribution < 1.29 is 9.18 Å². The number of carbonyl (C=O) groups is 1. The number of hydrogen-bond acceptors (Lipinski definition) is 3. The molecule has 1 heterocycles. The third kappa shape index (κ3) is 4.39. The number of allylic oxidation sites excluding steroid dienone is 1. The second-order valence-corrected chi connectivity index (χ2v) is 7.63. The zero-order valence-electron chi connectivity index (χ0n) is 15.4. The molecule has 0 fully saturated rings. The number of benzene rings is 2. The van der Waals surface area contributed by atoms with E-state index in [-0.39, 0.29) is 23.0 Å². The molecule has 1 N–H and O–H groups in total. The Labute approximate surface area is 162 Å². The summed E-state index contributed by atoms with van der Waals surface area (Å²) in [4.78, 5) is 17.3. The highest BCUT2D eigenvalue weighted by Gasteiger charge is 2.20. The molecule has 1 aromatic heterocycles. The first-order valence-electron chi connectivity index (χ1n) is 8.78. The Bertz CT molecular complexity index is 952. The highest BCUT2D eigenvalue weighted by atomic mass is 32.2. The molecule has 0 saturated carbocycles. The van der Waals surface area contributed by atoms with E-state index >= 15 is 0 Å². The maximum absolute atomic E-state index is 13.1. The van der Waals surface area contributed by atoms with E-state index in [4.69, 9.17) is 0 Å². The monoisotopic (exact) mass is 383 g/mol. The van der Waals surface area contributed by atoms with E-state index in [1.54, 1.807) is 12.1 Å². The molecular formula is C21H22FN3OS. The van der Waals surface area contributed by atoms with Gasteiger partial charge >= 0.3 is 0 Å². The zero-order valence-corrected chi connectivity index (χ0v) is 16.2. The third-order valence-electron chi connectivity index (χ3n) is 4.31. The lowest BCUT2D eigenvalue weighted by Crippen LogP contribution is -2.33. The fraction of sp³-hybridized carbons (Fsp3) is 0.238. The molecule has 3 aromatic rings. The lowest BCUT2D eigenvalue weighted by molar-refractivity contribution is -0.120. The summed E-state index contributed by atoms with van der Waals surface area (Å²) in [5.74, 6) is -0.378. The van der Waals surface area contributed by atoms with E-state index in [9.17, 15) is 9.18 Å². The van der Waals surface area contributed by atoms with Crippen LogP contribution < -0.4 is 5.32 Å². The number of nitrogens with one attached hydrogen (secondary N) is 1. The van der Waals surface area contributed by atoms with Crippen LogP contribution in [0.1, 0.15) is 25.5 Å². The normalized spacial score (nSPS) is 13.3. The highest BCUT2D eigenvalue weighted by molar-refractivity contribution is 8.00. The number of para-hydroxylation sites is 2. The van der Waals surface area contributed by atoms with Crippen molar-refractivity contribution in [3.8, 4) is 0 Å². The van der Waals surface area contributed by atoms with Gasteiger partial charge in [0.15, 0.2) is 5.16 Å². The molecule has 140 valence electrons. The Balaban J connectivity index is 1.72. The van der Waals surface area contributed by atoms with Gasteiger partial charge in [0.2, 0.25) is 5.91 Å². The average Bonchev–Trinajstić information content (AvgIpc) is 3.00. The van der Waals surface area contributed by atoms with E-state index in [1.165, 1.54) is 23.9 Å². The fourth-order valence-electron chi connectivity index (χ4n) is 2.83. The SMILES string of the molecule is C=CCn1c(S[C@@H](C)C(=O)N[C@H](C)c2ccc(F)cc2)nc2ccccc21. The first-order chi connectivity index (χ1) is 13.0. The number of thioether (sulfide) groups is 1. The minimum Gasteiger partial charge on any atom is -0.349 e. The number of aromatic nitrogens is 2. The van der Waals surface area contributed by atoms with E-state index in [2.05, 4.69) is 21.4 Å². The summed E-state index contributed by atoms with van der Waals surface area (Å²) in [6.45, 7) is 8.18. The van der Waals surface area contributed by atoms with Crippen LogP contribution in [-0.2, 0) is 11.3 Å². The van der Waals surface area contributed by atoms with Crippen LogP contribution in [0.5, 0.6) is 0 Å². The van der Waals surface area contributed by atoms with Crippen LogP contribution in [0, 0.1) is 5.82 Å². The quantitative estimate of drug-likeness (QED) is 0.474. The summed E-state index contributed by atoms with van der Waals surface area (Å²) in [5, 5.41) is 3.44.